The van der Waals surface area contributed by atoms with Crippen LogP contribution in [0.25, 0.3) is 0 Å². The van der Waals surface area contributed by atoms with E-state index >= 15 is 0 Å². The van der Waals surface area contributed by atoms with Crippen molar-refractivity contribution in [2.45, 2.75) is 60.3 Å². The van der Waals surface area contributed by atoms with Crippen LogP contribution in [-0.2, 0) is 0 Å². The van der Waals surface area contributed by atoms with Gasteiger partial charge in [-0.1, -0.05) is 41.0 Å². The van der Waals surface area contributed by atoms with Crippen LogP contribution in [0.1, 0.15) is 60.3 Å². The van der Waals surface area contributed by atoms with Gasteiger partial charge >= 0.3 is 0 Å². The van der Waals surface area contributed by atoms with E-state index in [1.165, 1.54) is 25.7 Å². The molecule has 0 bridgehead atoms. The van der Waals surface area contributed by atoms with Crippen molar-refractivity contribution in [1.82, 2.24) is 0 Å². The van der Waals surface area contributed by atoms with E-state index in [1.807, 2.05) is 0 Å². The minimum atomic E-state index is 0.595. The van der Waals surface area contributed by atoms with Gasteiger partial charge in [0.15, 0.2) is 0 Å². The van der Waals surface area contributed by atoms with Gasteiger partial charge in [-0.2, -0.15) is 0 Å². The molecular formula is C12H24. The van der Waals surface area contributed by atoms with E-state index in [4.69, 9.17) is 0 Å². The topological polar surface area (TPSA) is 0 Å². The Balaban J connectivity index is 2.68. The Morgan fingerprint density at radius 2 is 1.58 bits per heavy atom. The summed E-state index contributed by atoms with van der Waals surface area (Å²) in [6, 6.07) is 0. The zero-order chi connectivity index (χ0) is 9.41. The van der Waals surface area contributed by atoms with Crippen molar-refractivity contribution >= 4 is 0 Å². The molecule has 1 saturated carbocycles. The molecule has 72 valence electrons. The summed E-state index contributed by atoms with van der Waals surface area (Å²) < 4.78 is 0. The molecule has 0 radical (unpaired) electrons. The van der Waals surface area contributed by atoms with E-state index in [0.717, 1.165) is 5.92 Å². The van der Waals surface area contributed by atoms with Gasteiger partial charge in [0.25, 0.3) is 0 Å². The summed E-state index contributed by atoms with van der Waals surface area (Å²) in [5.41, 5.74) is 1.21. The second kappa shape index (κ2) is 3.05. The summed E-state index contributed by atoms with van der Waals surface area (Å²) in [6.07, 6.45) is 5.71. The van der Waals surface area contributed by atoms with Gasteiger partial charge in [-0.05, 0) is 36.0 Å². The van der Waals surface area contributed by atoms with Gasteiger partial charge in [0.05, 0.1) is 0 Å². The molecule has 0 amide bonds. The third kappa shape index (κ3) is 2.02. The first kappa shape index (κ1) is 10.1. The van der Waals surface area contributed by atoms with E-state index in [-0.39, 0.29) is 0 Å². The first-order valence-electron chi connectivity index (χ1n) is 5.36. The monoisotopic (exact) mass is 168 g/mol. The van der Waals surface area contributed by atoms with E-state index in [2.05, 4.69) is 34.6 Å². The molecule has 0 aliphatic heterocycles. The third-order valence-electron chi connectivity index (χ3n) is 3.88. The maximum Gasteiger partial charge on any atom is -0.0298 e. The lowest BCUT2D eigenvalue weighted by Gasteiger charge is -2.45. The molecule has 0 aromatic carbocycles. The van der Waals surface area contributed by atoms with Crippen LogP contribution in [0.5, 0.6) is 0 Å². The van der Waals surface area contributed by atoms with Crippen molar-refractivity contribution in [3.8, 4) is 0 Å². The quantitative estimate of drug-likeness (QED) is 0.549. The smallest absolute Gasteiger partial charge is 0.0298 e. The summed E-state index contributed by atoms with van der Waals surface area (Å²) in [5, 5.41) is 0. The fourth-order valence-electron chi connectivity index (χ4n) is 2.73. The van der Waals surface area contributed by atoms with Crippen LogP contribution in [0.4, 0.5) is 0 Å². The minimum Gasteiger partial charge on any atom is -0.0623 e. The Kier molecular flexibility index (Phi) is 2.56. The molecule has 0 heterocycles. The predicted octanol–water partition coefficient (Wildman–Crippen LogP) is 4.25. The maximum atomic E-state index is 2.47. The average Bonchev–Trinajstić information content (AvgIpc) is 1.83. The highest BCUT2D eigenvalue weighted by atomic mass is 14.4. The summed E-state index contributed by atoms with van der Waals surface area (Å²) in [6.45, 7) is 12.1. The van der Waals surface area contributed by atoms with E-state index in [9.17, 15) is 0 Å². The Hall–Kier alpha value is 0. The van der Waals surface area contributed by atoms with Crippen LogP contribution in [0, 0.1) is 16.7 Å². The van der Waals surface area contributed by atoms with Crippen molar-refractivity contribution in [1.29, 1.82) is 0 Å². The fourth-order valence-corrected chi connectivity index (χ4v) is 2.73. The Labute approximate surface area is 77.7 Å². The third-order valence-corrected chi connectivity index (χ3v) is 3.88. The first-order chi connectivity index (χ1) is 5.36. The maximum absolute atomic E-state index is 2.47. The molecule has 1 fully saturated rings. The molecule has 0 nitrogen and oxygen atoms in total. The molecular weight excluding hydrogens is 144 g/mol. The predicted molar refractivity (Wildman–Crippen MR) is 55.2 cm³/mol. The fraction of sp³-hybridized carbons (Fsp3) is 1.00. The average molecular weight is 168 g/mol. The van der Waals surface area contributed by atoms with Crippen molar-refractivity contribution in [3.05, 3.63) is 0 Å². The summed E-state index contributed by atoms with van der Waals surface area (Å²) in [4.78, 5) is 0. The summed E-state index contributed by atoms with van der Waals surface area (Å²) in [7, 11) is 0. The van der Waals surface area contributed by atoms with Gasteiger partial charge in [0.1, 0.15) is 0 Å². The molecule has 1 unspecified atom stereocenters. The molecule has 0 N–H and O–H groups in total. The van der Waals surface area contributed by atoms with Gasteiger partial charge < -0.3 is 0 Å². The Morgan fingerprint density at radius 1 is 1.00 bits per heavy atom. The Bertz CT molecular complexity index is 155. The summed E-state index contributed by atoms with van der Waals surface area (Å²) >= 11 is 0. The van der Waals surface area contributed by atoms with Crippen molar-refractivity contribution in [2.75, 3.05) is 0 Å². The van der Waals surface area contributed by atoms with Crippen LogP contribution in [-0.4, -0.2) is 0 Å². The van der Waals surface area contributed by atoms with Gasteiger partial charge in [0.2, 0.25) is 0 Å². The van der Waals surface area contributed by atoms with Crippen LogP contribution < -0.4 is 0 Å². The normalized spacial score (nSPS) is 35.5. The molecule has 1 rings (SSSR count). The van der Waals surface area contributed by atoms with E-state index in [1.54, 1.807) is 0 Å². The lowest BCUT2D eigenvalue weighted by molar-refractivity contribution is 0.0573. The molecule has 1 atom stereocenters. The number of hydrogen-bond donors (Lipinski definition) is 0. The minimum absolute atomic E-state index is 0.595. The zero-order valence-corrected chi connectivity index (χ0v) is 9.41. The van der Waals surface area contributed by atoms with Crippen LogP contribution in [0.2, 0.25) is 0 Å². The van der Waals surface area contributed by atoms with E-state index in [0.29, 0.717) is 10.8 Å². The number of rotatable bonds is 1. The molecule has 12 heavy (non-hydrogen) atoms. The molecule has 0 aromatic heterocycles. The van der Waals surface area contributed by atoms with Crippen molar-refractivity contribution in [2.24, 2.45) is 16.7 Å². The lowest BCUT2D eigenvalue weighted by atomic mass is 9.60. The highest BCUT2D eigenvalue weighted by molar-refractivity contribution is 4.89. The van der Waals surface area contributed by atoms with Gasteiger partial charge in [-0.15, -0.1) is 0 Å². The van der Waals surface area contributed by atoms with Crippen LogP contribution in [0.3, 0.4) is 0 Å². The Morgan fingerprint density at radius 3 is 1.92 bits per heavy atom. The number of hydrogen-bond acceptors (Lipinski definition) is 0. The van der Waals surface area contributed by atoms with Gasteiger partial charge in [-0.25, -0.2) is 0 Å². The summed E-state index contributed by atoms with van der Waals surface area (Å²) in [5.74, 6) is 0.845. The second-order valence-corrected chi connectivity index (χ2v) is 6.00. The van der Waals surface area contributed by atoms with E-state index < -0.39 is 0 Å². The molecule has 0 saturated heterocycles. The largest absolute Gasteiger partial charge is 0.0623 e. The van der Waals surface area contributed by atoms with Gasteiger partial charge in [0, 0.05) is 0 Å². The standard InChI is InChI=1S/C12H24/c1-10(2)12(5)8-6-7-11(3,4)9-12/h10H,6-9H2,1-5H3. The van der Waals surface area contributed by atoms with Crippen molar-refractivity contribution < 1.29 is 0 Å². The lowest BCUT2D eigenvalue weighted by Crippen LogP contribution is -2.34. The SMILES string of the molecule is CC(C)C1(C)CCCC(C)(C)C1. The highest BCUT2D eigenvalue weighted by Gasteiger charge is 2.38. The van der Waals surface area contributed by atoms with Crippen molar-refractivity contribution in [3.63, 3.8) is 0 Å². The highest BCUT2D eigenvalue weighted by Crippen LogP contribution is 2.49. The molecule has 1 aliphatic carbocycles. The van der Waals surface area contributed by atoms with Crippen LogP contribution >= 0.6 is 0 Å². The molecule has 0 heteroatoms. The zero-order valence-electron chi connectivity index (χ0n) is 9.41. The second-order valence-electron chi connectivity index (χ2n) is 6.00. The first-order valence-corrected chi connectivity index (χ1v) is 5.36. The van der Waals surface area contributed by atoms with Crippen LogP contribution in [0.15, 0.2) is 0 Å². The molecule has 0 aromatic rings. The molecule has 1 aliphatic rings. The van der Waals surface area contributed by atoms with Gasteiger partial charge in [-0.3, -0.25) is 0 Å². The molecule has 0 spiro atoms.